The van der Waals surface area contributed by atoms with Crippen LogP contribution in [0.4, 0.5) is 10.1 Å². The number of rotatable bonds is 3. The summed E-state index contributed by atoms with van der Waals surface area (Å²) in [4.78, 5) is 31.3. The fraction of sp³-hybridized carbons (Fsp3) is 0.333. The van der Waals surface area contributed by atoms with E-state index in [0.717, 1.165) is 29.8 Å². The molecule has 1 fully saturated rings. The lowest BCUT2D eigenvalue weighted by Gasteiger charge is -2.40. The second-order valence-electron chi connectivity index (χ2n) is 7.92. The molecule has 2 aromatic rings. The Morgan fingerprint density at radius 3 is 2.50 bits per heavy atom. The number of benzene rings is 2. The number of amides is 2. The number of thioether (sulfide) groups is 1. The molecule has 4 rings (SSSR count). The molecule has 0 radical (unpaired) electrons. The molecule has 2 heterocycles. The molecule has 0 bridgehead atoms. The van der Waals surface area contributed by atoms with Crippen LogP contribution in [0.25, 0.3) is 6.08 Å². The number of anilines is 1. The quantitative estimate of drug-likeness (QED) is 0.644. The molecular formula is C24H25FN2O2S. The van der Waals surface area contributed by atoms with E-state index in [0.29, 0.717) is 10.5 Å². The van der Waals surface area contributed by atoms with Crippen molar-refractivity contribution in [1.29, 1.82) is 0 Å². The minimum atomic E-state index is -0.379. The highest BCUT2D eigenvalue weighted by Crippen LogP contribution is 2.42. The van der Waals surface area contributed by atoms with Crippen LogP contribution in [0, 0.1) is 5.82 Å². The van der Waals surface area contributed by atoms with Crippen LogP contribution in [0.2, 0.25) is 0 Å². The molecule has 2 amide bonds. The van der Waals surface area contributed by atoms with Crippen LogP contribution in [-0.4, -0.2) is 35.3 Å². The molecule has 0 N–H and O–H groups in total. The Balaban J connectivity index is 1.67. The molecule has 0 saturated carbocycles. The number of carbonyl (C=O) groups is 2. The molecule has 2 atom stereocenters. The fourth-order valence-corrected chi connectivity index (χ4v) is 5.33. The Morgan fingerprint density at radius 1 is 1.10 bits per heavy atom. The van der Waals surface area contributed by atoms with Crippen LogP contribution >= 0.6 is 11.8 Å². The first-order valence-electron chi connectivity index (χ1n) is 10.3. The van der Waals surface area contributed by atoms with Gasteiger partial charge in [-0.15, -0.1) is 0 Å². The van der Waals surface area contributed by atoms with Gasteiger partial charge in [-0.25, -0.2) is 4.39 Å². The minimum absolute atomic E-state index is 0.0142. The molecular weight excluding hydrogens is 399 g/mol. The summed E-state index contributed by atoms with van der Waals surface area (Å²) >= 11 is 1.31. The zero-order valence-corrected chi connectivity index (χ0v) is 18.0. The molecule has 30 heavy (non-hydrogen) atoms. The normalized spacial score (nSPS) is 22.9. The van der Waals surface area contributed by atoms with E-state index >= 15 is 0 Å². The number of halogens is 1. The molecule has 4 nitrogen and oxygen atoms in total. The molecule has 0 aromatic heterocycles. The molecule has 1 saturated heterocycles. The Kier molecular flexibility index (Phi) is 5.95. The van der Waals surface area contributed by atoms with Gasteiger partial charge in [-0.05, 0) is 57.4 Å². The average Bonchev–Trinajstić information content (AvgIpc) is 2.72. The summed E-state index contributed by atoms with van der Waals surface area (Å²) < 4.78 is 14.2. The number of piperidine rings is 1. The SMILES string of the molecule is C[C@@H]1CCC[C@H](C)N1C(=O)CN1C(=O)/C(=C/c2ccccc2F)Sc2ccccc21. The van der Waals surface area contributed by atoms with Gasteiger partial charge in [0.2, 0.25) is 5.91 Å². The van der Waals surface area contributed by atoms with Crippen molar-refractivity contribution in [2.24, 2.45) is 0 Å². The molecule has 0 aliphatic carbocycles. The van der Waals surface area contributed by atoms with Crippen molar-refractivity contribution in [2.45, 2.75) is 50.1 Å². The molecule has 0 spiro atoms. The minimum Gasteiger partial charge on any atom is -0.336 e. The van der Waals surface area contributed by atoms with E-state index in [1.807, 2.05) is 29.2 Å². The third-order valence-corrected chi connectivity index (χ3v) is 6.88. The van der Waals surface area contributed by atoms with Gasteiger partial charge >= 0.3 is 0 Å². The van der Waals surface area contributed by atoms with Gasteiger partial charge < -0.3 is 4.90 Å². The van der Waals surface area contributed by atoms with Crippen molar-refractivity contribution >= 4 is 35.3 Å². The summed E-state index contributed by atoms with van der Waals surface area (Å²) in [5.74, 6) is -0.696. The van der Waals surface area contributed by atoms with Gasteiger partial charge in [0.25, 0.3) is 5.91 Å². The number of hydrogen-bond acceptors (Lipinski definition) is 3. The second kappa shape index (κ2) is 8.64. The first-order valence-corrected chi connectivity index (χ1v) is 11.1. The van der Waals surface area contributed by atoms with Gasteiger partial charge in [0.05, 0.1) is 10.6 Å². The monoisotopic (exact) mass is 424 g/mol. The Hall–Kier alpha value is -2.60. The fourth-order valence-electron chi connectivity index (χ4n) is 4.28. The molecule has 2 aliphatic rings. The van der Waals surface area contributed by atoms with E-state index in [-0.39, 0.29) is 36.3 Å². The lowest BCUT2D eigenvalue weighted by Crippen LogP contribution is -2.52. The van der Waals surface area contributed by atoms with E-state index in [1.165, 1.54) is 22.7 Å². The zero-order chi connectivity index (χ0) is 21.3. The lowest BCUT2D eigenvalue weighted by atomic mass is 9.97. The smallest absolute Gasteiger partial charge is 0.265 e. The third kappa shape index (κ3) is 4.01. The van der Waals surface area contributed by atoms with Crippen molar-refractivity contribution < 1.29 is 14.0 Å². The first kappa shape index (κ1) is 20.7. The van der Waals surface area contributed by atoms with Gasteiger partial charge in [-0.3, -0.25) is 14.5 Å². The van der Waals surface area contributed by atoms with E-state index in [4.69, 9.17) is 0 Å². The van der Waals surface area contributed by atoms with E-state index in [2.05, 4.69) is 13.8 Å². The topological polar surface area (TPSA) is 40.6 Å². The van der Waals surface area contributed by atoms with Gasteiger partial charge in [0, 0.05) is 22.5 Å². The molecule has 2 aromatic carbocycles. The summed E-state index contributed by atoms with van der Waals surface area (Å²) in [5, 5.41) is 0. The van der Waals surface area contributed by atoms with Gasteiger partial charge in [0.1, 0.15) is 12.4 Å². The number of hydrogen-bond donors (Lipinski definition) is 0. The number of para-hydroxylation sites is 1. The van der Waals surface area contributed by atoms with Crippen molar-refractivity contribution in [1.82, 2.24) is 4.90 Å². The molecule has 6 heteroatoms. The van der Waals surface area contributed by atoms with E-state index < -0.39 is 0 Å². The van der Waals surface area contributed by atoms with Crippen molar-refractivity contribution in [3.8, 4) is 0 Å². The summed E-state index contributed by atoms with van der Waals surface area (Å²) in [5.41, 5.74) is 1.08. The number of carbonyl (C=O) groups excluding carboxylic acids is 2. The highest BCUT2D eigenvalue weighted by Gasteiger charge is 2.35. The Labute approximate surface area is 180 Å². The number of fused-ring (bicyclic) bond motifs is 1. The maximum Gasteiger partial charge on any atom is 0.265 e. The molecule has 156 valence electrons. The highest BCUT2D eigenvalue weighted by atomic mass is 32.2. The standard InChI is InChI=1S/C24H25FN2O2S/c1-16-8-7-9-17(2)27(16)23(28)15-26-20-12-5-6-13-21(20)30-22(24(26)29)14-18-10-3-4-11-19(18)25/h3-6,10-14,16-17H,7-9,15H2,1-2H3/b22-14-/t16-,17+. The lowest BCUT2D eigenvalue weighted by molar-refractivity contribution is -0.136. The molecule has 0 unspecified atom stereocenters. The van der Waals surface area contributed by atoms with Crippen LogP contribution in [0.3, 0.4) is 0 Å². The van der Waals surface area contributed by atoms with E-state index in [1.54, 1.807) is 24.3 Å². The van der Waals surface area contributed by atoms with E-state index in [9.17, 15) is 14.0 Å². The summed E-state index contributed by atoms with van der Waals surface area (Å²) in [7, 11) is 0. The second-order valence-corrected chi connectivity index (χ2v) is 9.00. The van der Waals surface area contributed by atoms with Crippen molar-refractivity contribution in [2.75, 3.05) is 11.4 Å². The van der Waals surface area contributed by atoms with Crippen molar-refractivity contribution in [3.63, 3.8) is 0 Å². The van der Waals surface area contributed by atoms with Crippen LogP contribution in [0.1, 0.15) is 38.7 Å². The summed E-state index contributed by atoms with van der Waals surface area (Å²) in [6, 6.07) is 14.2. The summed E-state index contributed by atoms with van der Waals surface area (Å²) in [6.45, 7) is 4.12. The van der Waals surface area contributed by atoms with Crippen LogP contribution in [-0.2, 0) is 9.59 Å². The highest BCUT2D eigenvalue weighted by molar-refractivity contribution is 8.04. The van der Waals surface area contributed by atoms with Crippen molar-refractivity contribution in [3.05, 3.63) is 64.8 Å². The largest absolute Gasteiger partial charge is 0.336 e. The maximum atomic E-state index is 14.2. The zero-order valence-electron chi connectivity index (χ0n) is 17.2. The molecule has 2 aliphatic heterocycles. The van der Waals surface area contributed by atoms with Crippen LogP contribution in [0.5, 0.6) is 0 Å². The third-order valence-electron chi connectivity index (χ3n) is 5.80. The van der Waals surface area contributed by atoms with Gasteiger partial charge in [-0.1, -0.05) is 42.1 Å². The Bertz CT molecular complexity index is 996. The number of likely N-dealkylation sites (tertiary alicyclic amines) is 1. The van der Waals surface area contributed by atoms with Gasteiger partial charge in [-0.2, -0.15) is 0 Å². The first-order chi connectivity index (χ1) is 14.5. The predicted molar refractivity (Wildman–Crippen MR) is 119 cm³/mol. The van der Waals surface area contributed by atoms with Crippen LogP contribution < -0.4 is 4.90 Å². The predicted octanol–water partition coefficient (Wildman–Crippen LogP) is 5.10. The maximum absolute atomic E-state index is 14.2. The van der Waals surface area contributed by atoms with Gasteiger partial charge in [0.15, 0.2) is 0 Å². The van der Waals surface area contributed by atoms with Crippen LogP contribution in [0.15, 0.2) is 58.3 Å². The summed E-state index contributed by atoms with van der Waals surface area (Å²) in [6.07, 6.45) is 4.65. The Morgan fingerprint density at radius 2 is 1.77 bits per heavy atom. The number of nitrogens with zero attached hydrogens (tertiary/aromatic N) is 2. The average molecular weight is 425 g/mol.